The summed E-state index contributed by atoms with van der Waals surface area (Å²) < 4.78 is 1.94. The number of nitrogens with zero attached hydrogens (tertiary/aromatic N) is 3. The molecule has 0 atom stereocenters. The molecule has 2 heterocycles. The standard InChI is InChI=1S/C15H13Cl2N3/c1-9-3-5-11(17)13(7-9)20-14(8-16)19-12-6-4-10(2)18-15(12)20/h3-7H,8H2,1-2H3. The molecule has 0 unspecified atom stereocenters. The van der Waals surface area contributed by atoms with Crippen molar-refractivity contribution in [2.45, 2.75) is 19.7 Å². The molecule has 0 spiro atoms. The molecular weight excluding hydrogens is 293 g/mol. The molecule has 0 saturated heterocycles. The van der Waals surface area contributed by atoms with Crippen LogP contribution in [0.2, 0.25) is 5.02 Å². The number of pyridine rings is 1. The van der Waals surface area contributed by atoms with E-state index in [0.29, 0.717) is 10.9 Å². The van der Waals surface area contributed by atoms with Crippen LogP contribution < -0.4 is 0 Å². The van der Waals surface area contributed by atoms with Gasteiger partial charge < -0.3 is 0 Å². The van der Waals surface area contributed by atoms with E-state index in [2.05, 4.69) is 9.97 Å². The Kier molecular flexibility index (Phi) is 3.40. The Morgan fingerprint density at radius 1 is 1.10 bits per heavy atom. The van der Waals surface area contributed by atoms with Crippen LogP contribution >= 0.6 is 23.2 Å². The minimum absolute atomic E-state index is 0.305. The number of hydrogen-bond donors (Lipinski definition) is 0. The minimum atomic E-state index is 0.305. The minimum Gasteiger partial charge on any atom is -0.278 e. The average molecular weight is 306 g/mol. The van der Waals surface area contributed by atoms with Gasteiger partial charge in [-0.15, -0.1) is 11.6 Å². The second kappa shape index (κ2) is 5.08. The Labute approximate surface area is 127 Å². The third-order valence-corrected chi connectivity index (χ3v) is 3.73. The van der Waals surface area contributed by atoms with Crippen molar-refractivity contribution < 1.29 is 0 Å². The van der Waals surface area contributed by atoms with Crippen molar-refractivity contribution in [1.29, 1.82) is 0 Å². The van der Waals surface area contributed by atoms with Gasteiger partial charge in [-0.05, 0) is 43.7 Å². The number of fused-ring (bicyclic) bond motifs is 1. The molecule has 102 valence electrons. The van der Waals surface area contributed by atoms with Crippen molar-refractivity contribution in [2.24, 2.45) is 0 Å². The lowest BCUT2D eigenvalue weighted by Crippen LogP contribution is -2.02. The Morgan fingerprint density at radius 2 is 1.90 bits per heavy atom. The molecule has 2 aromatic heterocycles. The second-order valence-electron chi connectivity index (χ2n) is 4.75. The Balaban J connectivity index is 2.39. The van der Waals surface area contributed by atoms with Crippen molar-refractivity contribution in [1.82, 2.24) is 14.5 Å². The summed E-state index contributed by atoms with van der Waals surface area (Å²) in [6, 6.07) is 9.77. The fourth-order valence-electron chi connectivity index (χ4n) is 2.24. The number of alkyl halides is 1. The summed E-state index contributed by atoms with van der Waals surface area (Å²) in [5.74, 6) is 1.05. The summed E-state index contributed by atoms with van der Waals surface area (Å²) in [6.45, 7) is 3.98. The van der Waals surface area contributed by atoms with E-state index in [1.54, 1.807) is 0 Å². The van der Waals surface area contributed by atoms with Gasteiger partial charge in [0.1, 0.15) is 11.3 Å². The van der Waals surface area contributed by atoms with Gasteiger partial charge in [-0.2, -0.15) is 0 Å². The van der Waals surface area contributed by atoms with Crippen LogP contribution in [0.15, 0.2) is 30.3 Å². The predicted octanol–water partition coefficient (Wildman–Crippen LogP) is 4.43. The van der Waals surface area contributed by atoms with E-state index in [4.69, 9.17) is 23.2 Å². The summed E-state index contributed by atoms with van der Waals surface area (Å²) in [7, 11) is 0. The van der Waals surface area contributed by atoms with Crippen LogP contribution in [-0.4, -0.2) is 14.5 Å². The molecule has 1 aromatic carbocycles. The monoisotopic (exact) mass is 305 g/mol. The van der Waals surface area contributed by atoms with Crippen molar-refractivity contribution in [3.05, 3.63) is 52.4 Å². The van der Waals surface area contributed by atoms with Crippen LogP contribution in [0.1, 0.15) is 17.1 Å². The van der Waals surface area contributed by atoms with Gasteiger partial charge in [0.25, 0.3) is 0 Å². The summed E-state index contributed by atoms with van der Waals surface area (Å²) in [6.07, 6.45) is 0. The normalized spacial score (nSPS) is 11.2. The van der Waals surface area contributed by atoms with Crippen LogP contribution in [0.25, 0.3) is 16.9 Å². The van der Waals surface area contributed by atoms with Crippen molar-refractivity contribution in [3.8, 4) is 5.69 Å². The highest BCUT2D eigenvalue weighted by molar-refractivity contribution is 6.32. The molecule has 3 nitrogen and oxygen atoms in total. The molecular formula is C15H13Cl2N3. The number of imidazole rings is 1. The highest BCUT2D eigenvalue weighted by Gasteiger charge is 2.15. The molecule has 5 heteroatoms. The smallest absolute Gasteiger partial charge is 0.165 e. The van der Waals surface area contributed by atoms with E-state index in [-0.39, 0.29) is 0 Å². The van der Waals surface area contributed by atoms with Crippen LogP contribution in [0.4, 0.5) is 0 Å². The lowest BCUT2D eigenvalue weighted by molar-refractivity contribution is 0.965. The molecule has 0 bridgehead atoms. The lowest BCUT2D eigenvalue weighted by atomic mass is 10.2. The number of aromatic nitrogens is 3. The average Bonchev–Trinajstić information content (AvgIpc) is 2.79. The number of rotatable bonds is 2. The van der Waals surface area contributed by atoms with Crippen LogP contribution in [0, 0.1) is 13.8 Å². The summed E-state index contributed by atoms with van der Waals surface area (Å²) in [4.78, 5) is 9.10. The number of aryl methyl sites for hydroxylation is 2. The van der Waals surface area contributed by atoms with Crippen LogP contribution in [-0.2, 0) is 5.88 Å². The summed E-state index contributed by atoms with van der Waals surface area (Å²) in [5, 5.41) is 0.657. The largest absolute Gasteiger partial charge is 0.278 e. The van der Waals surface area contributed by atoms with Gasteiger partial charge in [-0.1, -0.05) is 17.7 Å². The van der Waals surface area contributed by atoms with Gasteiger partial charge in [0.15, 0.2) is 5.65 Å². The highest BCUT2D eigenvalue weighted by Crippen LogP contribution is 2.27. The van der Waals surface area contributed by atoms with Gasteiger partial charge in [-0.25, -0.2) is 9.97 Å². The summed E-state index contributed by atoms with van der Waals surface area (Å²) >= 11 is 12.4. The molecule has 0 fully saturated rings. The Hall–Kier alpha value is -1.58. The maximum atomic E-state index is 6.34. The van der Waals surface area contributed by atoms with E-state index in [1.165, 1.54) is 0 Å². The number of benzene rings is 1. The van der Waals surface area contributed by atoms with Crippen LogP contribution in [0.3, 0.4) is 0 Å². The maximum Gasteiger partial charge on any atom is 0.165 e. The van der Waals surface area contributed by atoms with E-state index >= 15 is 0 Å². The van der Waals surface area contributed by atoms with E-state index in [1.807, 2.05) is 48.7 Å². The Morgan fingerprint density at radius 3 is 2.65 bits per heavy atom. The molecule has 20 heavy (non-hydrogen) atoms. The molecule has 0 saturated carbocycles. The first-order chi connectivity index (χ1) is 9.60. The predicted molar refractivity (Wildman–Crippen MR) is 82.9 cm³/mol. The maximum absolute atomic E-state index is 6.34. The fourth-order valence-corrected chi connectivity index (χ4v) is 2.62. The van der Waals surface area contributed by atoms with Gasteiger partial charge in [-0.3, -0.25) is 4.57 Å². The fraction of sp³-hybridized carbons (Fsp3) is 0.200. The zero-order valence-corrected chi connectivity index (χ0v) is 12.7. The van der Waals surface area contributed by atoms with Gasteiger partial charge in [0.05, 0.1) is 16.6 Å². The third kappa shape index (κ3) is 2.17. The van der Waals surface area contributed by atoms with Crippen molar-refractivity contribution >= 4 is 34.4 Å². The quantitative estimate of drug-likeness (QED) is 0.656. The lowest BCUT2D eigenvalue weighted by Gasteiger charge is -2.10. The molecule has 0 radical (unpaired) electrons. The van der Waals surface area contributed by atoms with Gasteiger partial charge >= 0.3 is 0 Å². The van der Waals surface area contributed by atoms with Crippen molar-refractivity contribution in [2.75, 3.05) is 0 Å². The molecule has 3 rings (SSSR count). The molecule has 0 aliphatic rings. The zero-order chi connectivity index (χ0) is 14.3. The van der Waals surface area contributed by atoms with Gasteiger partial charge in [0, 0.05) is 5.69 Å². The number of halogens is 2. The Bertz CT molecular complexity index is 793. The first-order valence-corrected chi connectivity index (χ1v) is 7.19. The van der Waals surface area contributed by atoms with Gasteiger partial charge in [0.2, 0.25) is 0 Å². The molecule has 0 aliphatic carbocycles. The molecule has 0 amide bonds. The second-order valence-corrected chi connectivity index (χ2v) is 5.42. The highest BCUT2D eigenvalue weighted by atomic mass is 35.5. The first kappa shape index (κ1) is 13.4. The van der Waals surface area contributed by atoms with Crippen LogP contribution in [0.5, 0.6) is 0 Å². The summed E-state index contributed by atoms with van der Waals surface area (Å²) in [5.41, 5.74) is 4.53. The number of hydrogen-bond acceptors (Lipinski definition) is 2. The van der Waals surface area contributed by atoms with Crippen molar-refractivity contribution in [3.63, 3.8) is 0 Å². The molecule has 0 N–H and O–H groups in total. The van der Waals surface area contributed by atoms with E-state index in [9.17, 15) is 0 Å². The molecule has 3 aromatic rings. The first-order valence-electron chi connectivity index (χ1n) is 6.27. The van der Waals surface area contributed by atoms with E-state index < -0.39 is 0 Å². The third-order valence-electron chi connectivity index (χ3n) is 3.18. The SMILES string of the molecule is Cc1ccc(Cl)c(-n2c(CCl)nc3ccc(C)nc32)c1. The zero-order valence-electron chi connectivity index (χ0n) is 11.2. The molecule has 0 aliphatic heterocycles. The van der Waals surface area contributed by atoms with E-state index in [0.717, 1.165) is 33.9 Å². The topological polar surface area (TPSA) is 30.7 Å².